The smallest absolute Gasteiger partial charge is 0.258 e. The van der Waals surface area contributed by atoms with Gasteiger partial charge in [0.05, 0.1) is 18.9 Å². The number of methoxy groups -OCH3 is 1. The van der Waals surface area contributed by atoms with Crippen LogP contribution in [0.15, 0.2) is 18.5 Å². The summed E-state index contributed by atoms with van der Waals surface area (Å²) >= 11 is 0. The van der Waals surface area contributed by atoms with Gasteiger partial charge in [-0.05, 0) is 31.7 Å². The summed E-state index contributed by atoms with van der Waals surface area (Å²) in [5.74, 6) is 1.67. The van der Waals surface area contributed by atoms with Crippen LogP contribution in [0.4, 0.5) is 0 Å². The Bertz CT molecular complexity index is 530. The highest BCUT2D eigenvalue weighted by Gasteiger charge is 2.51. The van der Waals surface area contributed by atoms with Crippen LogP contribution in [-0.4, -0.2) is 48.1 Å². The summed E-state index contributed by atoms with van der Waals surface area (Å²) < 4.78 is 5.27. The number of nitrogens with zero attached hydrogens (tertiary/aromatic N) is 2. The van der Waals surface area contributed by atoms with Crippen molar-refractivity contribution in [3.8, 4) is 5.75 Å². The Hall–Kier alpha value is -1.62. The molecule has 20 heavy (non-hydrogen) atoms. The molecular formula is C15H21N3O2. The van der Waals surface area contributed by atoms with Gasteiger partial charge in [-0.25, -0.2) is 0 Å². The van der Waals surface area contributed by atoms with Crippen molar-refractivity contribution in [3.63, 3.8) is 0 Å². The Morgan fingerprint density at radius 1 is 1.50 bits per heavy atom. The van der Waals surface area contributed by atoms with Crippen LogP contribution >= 0.6 is 0 Å². The monoisotopic (exact) mass is 275 g/mol. The number of aromatic nitrogens is 1. The van der Waals surface area contributed by atoms with Gasteiger partial charge < -0.3 is 15.0 Å². The molecule has 1 aromatic rings. The molecule has 3 rings (SSSR count). The van der Waals surface area contributed by atoms with E-state index in [-0.39, 0.29) is 11.4 Å². The summed E-state index contributed by atoms with van der Waals surface area (Å²) in [5, 5.41) is 3.43. The maximum Gasteiger partial charge on any atom is 0.258 e. The molecule has 0 aromatic carbocycles. The van der Waals surface area contributed by atoms with E-state index in [1.54, 1.807) is 25.6 Å². The van der Waals surface area contributed by atoms with Crippen LogP contribution in [0.1, 0.15) is 24.2 Å². The molecule has 5 nitrogen and oxygen atoms in total. The van der Waals surface area contributed by atoms with Crippen LogP contribution in [0.5, 0.6) is 5.75 Å². The third-order valence-electron chi connectivity index (χ3n) is 4.84. The third-order valence-corrected chi connectivity index (χ3v) is 4.84. The fourth-order valence-electron chi connectivity index (χ4n) is 3.63. The van der Waals surface area contributed by atoms with Gasteiger partial charge in [-0.1, -0.05) is 0 Å². The maximum absolute atomic E-state index is 12.9. The van der Waals surface area contributed by atoms with Crippen LogP contribution in [0.3, 0.4) is 0 Å². The molecule has 3 heterocycles. The molecule has 2 atom stereocenters. The number of pyridine rings is 1. The third kappa shape index (κ3) is 1.88. The number of hydrogen-bond acceptors (Lipinski definition) is 4. The summed E-state index contributed by atoms with van der Waals surface area (Å²) in [4.78, 5) is 18.9. The molecule has 2 aliphatic rings. The molecule has 2 unspecified atom stereocenters. The fraction of sp³-hybridized carbons (Fsp3) is 0.600. The lowest BCUT2D eigenvalue weighted by Gasteiger charge is -2.35. The van der Waals surface area contributed by atoms with Gasteiger partial charge >= 0.3 is 0 Å². The minimum atomic E-state index is -0.125. The molecule has 0 bridgehead atoms. The van der Waals surface area contributed by atoms with E-state index in [4.69, 9.17) is 4.74 Å². The first-order chi connectivity index (χ1) is 9.55. The van der Waals surface area contributed by atoms with E-state index in [2.05, 4.69) is 24.1 Å². The maximum atomic E-state index is 12.9. The lowest BCUT2D eigenvalue weighted by molar-refractivity contribution is 0.0600. The molecular weight excluding hydrogens is 254 g/mol. The van der Waals surface area contributed by atoms with Crippen molar-refractivity contribution in [1.29, 1.82) is 0 Å². The lowest BCUT2D eigenvalue weighted by atomic mass is 9.84. The van der Waals surface area contributed by atoms with Crippen molar-refractivity contribution in [2.75, 3.05) is 26.7 Å². The van der Waals surface area contributed by atoms with Crippen molar-refractivity contribution in [3.05, 3.63) is 24.0 Å². The van der Waals surface area contributed by atoms with Gasteiger partial charge in [0.15, 0.2) is 0 Å². The van der Waals surface area contributed by atoms with Gasteiger partial charge in [-0.2, -0.15) is 0 Å². The van der Waals surface area contributed by atoms with Crippen LogP contribution < -0.4 is 10.1 Å². The zero-order chi connectivity index (χ0) is 14.3. The van der Waals surface area contributed by atoms with E-state index in [9.17, 15) is 4.79 Å². The summed E-state index contributed by atoms with van der Waals surface area (Å²) in [6, 6.07) is 1.74. The molecule has 1 amide bonds. The molecule has 1 N–H and O–H groups in total. The minimum Gasteiger partial charge on any atom is -0.494 e. The number of nitrogens with one attached hydrogen (secondary N) is 1. The highest BCUT2D eigenvalue weighted by Crippen LogP contribution is 2.41. The quantitative estimate of drug-likeness (QED) is 0.880. The van der Waals surface area contributed by atoms with Crippen LogP contribution in [-0.2, 0) is 0 Å². The summed E-state index contributed by atoms with van der Waals surface area (Å²) in [6.07, 6.45) is 3.24. The van der Waals surface area contributed by atoms with Crippen molar-refractivity contribution < 1.29 is 9.53 Å². The predicted octanol–water partition coefficient (Wildman–Crippen LogP) is 1.16. The van der Waals surface area contributed by atoms with Crippen molar-refractivity contribution >= 4 is 5.91 Å². The highest BCUT2D eigenvalue weighted by molar-refractivity contribution is 5.97. The number of amides is 1. The van der Waals surface area contributed by atoms with E-state index >= 15 is 0 Å². The largest absolute Gasteiger partial charge is 0.494 e. The summed E-state index contributed by atoms with van der Waals surface area (Å²) in [6.45, 7) is 7.14. The Kier molecular flexibility index (Phi) is 3.17. The topological polar surface area (TPSA) is 54.5 Å². The number of carbonyl (C=O) groups excluding carboxylic acids is 1. The Morgan fingerprint density at radius 3 is 3.00 bits per heavy atom. The zero-order valence-electron chi connectivity index (χ0n) is 12.2. The Morgan fingerprint density at radius 2 is 2.30 bits per heavy atom. The van der Waals surface area contributed by atoms with Crippen LogP contribution in [0.2, 0.25) is 0 Å². The average Bonchev–Trinajstić information content (AvgIpc) is 3.00. The van der Waals surface area contributed by atoms with Crippen LogP contribution in [0, 0.1) is 11.8 Å². The minimum absolute atomic E-state index is 0.0450. The number of hydrogen-bond donors (Lipinski definition) is 1. The molecule has 0 saturated carbocycles. The lowest BCUT2D eigenvalue weighted by Crippen LogP contribution is -2.47. The first kappa shape index (κ1) is 13.4. The Balaban J connectivity index is 1.91. The summed E-state index contributed by atoms with van der Waals surface area (Å²) in [7, 11) is 1.57. The van der Waals surface area contributed by atoms with Gasteiger partial charge in [-0.3, -0.25) is 9.78 Å². The molecule has 2 saturated heterocycles. The SMILES string of the molecule is COc1cnccc1C(=O)N1CC2CNCC2C1(C)C. The molecule has 1 aromatic heterocycles. The molecule has 2 aliphatic heterocycles. The van der Waals surface area contributed by atoms with E-state index in [1.165, 1.54) is 0 Å². The molecule has 2 fully saturated rings. The van der Waals surface area contributed by atoms with Gasteiger partial charge in [0, 0.05) is 31.4 Å². The first-order valence-electron chi connectivity index (χ1n) is 7.06. The predicted molar refractivity (Wildman–Crippen MR) is 75.8 cm³/mol. The van der Waals surface area contributed by atoms with Crippen molar-refractivity contribution in [2.24, 2.45) is 11.8 Å². The number of carbonyl (C=O) groups is 1. The van der Waals surface area contributed by atoms with E-state index in [0.717, 1.165) is 19.6 Å². The molecule has 0 aliphatic carbocycles. The van der Waals surface area contributed by atoms with Crippen LogP contribution in [0.25, 0.3) is 0 Å². The summed E-state index contributed by atoms with van der Waals surface area (Å²) in [5.41, 5.74) is 0.475. The highest BCUT2D eigenvalue weighted by atomic mass is 16.5. The van der Waals surface area contributed by atoms with Gasteiger partial charge in [0.2, 0.25) is 0 Å². The number of fused-ring (bicyclic) bond motifs is 1. The number of rotatable bonds is 2. The number of likely N-dealkylation sites (tertiary alicyclic amines) is 1. The average molecular weight is 275 g/mol. The Labute approximate surface area is 119 Å². The van der Waals surface area contributed by atoms with Crippen molar-refractivity contribution in [1.82, 2.24) is 15.2 Å². The second-order valence-corrected chi connectivity index (χ2v) is 6.17. The molecule has 5 heteroatoms. The van der Waals surface area contributed by atoms with Gasteiger partial charge in [0.1, 0.15) is 5.75 Å². The van der Waals surface area contributed by atoms with E-state index in [1.807, 2.05) is 4.90 Å². The normalized spacial score (nSPS) is 27.4. The first-order valence-corrected chi connectivity index (χ1v) is 7.06. The fourth-order valence-corrected chi connectivity index (χ4v) is 3.63. The van der Waals surface area contributed by atoms with E-state index in [0.29, 0.717) is 23.1 Å². The molecule has 0 spiro atoms. The second kappa shape index (κ2) is 4.74. The van der Waals surface area contributed by atoms with Gasteiger partial charge in [0.25, 0.3) is 5.91 Å². The van der Waals surface area contributed by atoms with Gasteiger partial charge in [-0.15, -0.1) is 0 Å². The standard InChI is InChI=1S/C15H21N3O2/c1-15(2)12-7-17-6-10(12)9-18(15)14(19)11-4-5-16-8-13(11)20-3/h4-5,8,10,12,17H,6-7,9H2,1-3H3. The van der Waals surface area contributed by atoms with E-state index < -0.39 is 0 Å². The second-order valence-electron chi connectivity index (χ2n) is 6.17. The zero-order valence-corrected chi connectivity index (χ0v) is 12.2. The number of ether oxygens (including phenoxy) is 1. The molecule has 108 valence electrons. The van der Waals surface area contributed by atoms with Crippen molar-refractivity contribution in [2.45, 2.75) is 19.4 Å². The molecule has 0 radical (unpaired) electrons.